The Morgan fingerprint density at radius 2 is 1.92 bits per heavy atom. The zero-order valence-corrected chi connectivity index (χ0v) is 9.23. The molecule has 0 aliphatic heterocycles. The standard InChI is InChI=1S/C9H17NO2S/c1-4-8(11)10-7(5-13)9(12)6(2)3/h6-7,13H,4-5H2,1-3H3,(H,10,11). The SMILES string of the molecule is CCC(=O)NC(CS)C(=O)C(C)C. The molecule has 0 fully saturated rings. The summed E-state index contributed by atoms with van der Waals surface area (Å²) in [4.78, 5) is 22.5. The van der Waals surface area contributed by atoms with Crippen LogP contribution in [-0.2, 0) is 9.59 Å². The first-order valence-corrected chi connectivity index (χ1v) is 5.10. The first-order valence-electron chi connectivity index (χ1n) is 4.46. The van der Waals surface area contributed by atoms with Crippen molar-refractivity contribution in [2.24, 2.45) is 5.92 Å². The molecule has 0 radical (unpaired) electrons. The smallest absolute Gasteiger partial charge is 0.220 e. The Bertz CT molecular complexity index is 192. The maximum atomic E-state index is 11.5. The van der Waals surface area contributed by atoms with Crippen LogP contribution in [0.4, 0.5) is 0 Å². The van der Waals surface area contributed by atoms with Crippen LogP contribution in [0.1, 0.15) is 27.2 Å². The Labute approximate surface area is 84.7 Å². The van der Waals surface area contributed by atoms with Crippen molar-refractivity contribution in [3.63, 3.8) is 0 Å². The van der Waals surface area contributed by atoms with Crippen molar-refractivity contribution in [3.8, 4) is 0 Å². The first kappa shape index (κ1) is 12.5. The summed E-state index contributed by atoms with van der Waals surface area (Å²) in [7, 11) is 0. The van der Waals surface area contributed by atoms with Crippen molar-refractivity contribution in [1.29, 1.82) is 0 Å². The number of rotatable bonds is 5. The number of nitrogens with one attached hydrogen (secondary N) is 1. The molecule has 0 spiro atoms. The van der Waals surface area contributed by atoms with Crippen LogP contribution in [0.25, 0.3) is 0 Å². The zero-order chi connectivity index (χ0) is 10.4. The Morgan fingerprint density at radius 3 is 2.23 bits per heavy atom. The van der Waals surface area contributed by atoms with Gasteiger partial charge in [-0.05, 0) is 0 Å². The van der Waals surface area contributed by atoms with E-state index in [2.05, 4.69) is 17.9 Å². The van der Waals surface area contributed by atoms with Crippen molar-refractivity contribution >= 4 is 24.3 Å². The van der Waals surface area contributed by atoms with Gasteiger partial charge in [0.2, 0.25) is 5.91 Å². The van der Waals surface area contributed by atoms with Gasteiger partial charge in [-0.2, -0.15) is 12.6 Å². The van der Waals surface area contributed by atoms with E-state index in [1.54, 1.807) is 6.92 Å². The Hall–Kier alpha value is -0.510. The fourth-order valence-corrected chi connectivity index (χ4v) is 1.18. The Balaban J connectivity index is 4.18. The summed E-state index contributed by atoms with van der Waals surface area (Å²) in [6.45, 7) is 5.39. The molecule has 0 aliphatic rings. The van der Waals surface area contributed by atoms with Crippen molar-refractivity contribution < 1.29 is 9.59 Å². The van der Waals surface area contributed by atoms with Gasteiger partial charge in [-0.15, -0.1) is 0 Å². The van der Waals surface area contributed by atoms with Crippen LogP contribution >= 0.6 is 12.6 Å². The molecule has 1 N–H and O–H groups in total. The molecular weight excluding hydrogens is 186 g/mol. The van der Waals surface area contributed by atoms with Crippen LogP contribution in [0.5, 0.6) is 0 Å². The molecule has 0 saturated heterocycles. The van der Waals surface area contributed by atoms with Crippen LogP contribution < -0.4 is 5.32 Å². The number of ketones is 1. The number of hydrogen-bond acceptors (Lipinski definition) is 3. The topological polar surface area (TPSA) is 46.2 Å². The summed E-state index contributed by atoms with van der Waals surface area (Å²) >= 11 is 4.03. The molecule has 1 amide bonds. The summed E-state index contributed by atoms with van der Waals surface area (Å²) in [5.74, 6) is 0.238. The molecule has 0 aromatic heterocycles. The normalized spacial score (nSPS) is 12.7. The zero-order valence-electron chi connectivity index (χ0n) is 8.33. The third kappa shape index (κ3) is 4.31. The molecule has 1 atom stereocenters. The molecule has 13 heavy (non-hydrogen) atoms. The van der Waals surface area contributed by atoms with E-state index < -0.39 is 6.04 Å². The third-order valence-corrected chi connectivity index (χ3v) is 2.12. The summed E-state index contributed by atoms with van der Waals surface area (Å²) in [6.07, 6.45) is 0.398. The second kappa shape index (κ2) is 6.02. The largest absolute Gasteiger partial charge is 0.345 e. The van der Waals surface area contributed by atoms with Crippen LogP contribution in [0.3, 0.4) is 0 Å². The fraction of sp³-hybridized carbons (Fsp3) is 0.778. The minimum atomic E-state index is -0.434. The third-order valence-electron chi connectivity index (χ3n) is 1.75. The predicted molar refractivity (Wildman–Crippen MR) is 55.9 cm³/mol. The lowest BCUT2D eigenvalue weighted by Crippen LogP contribution is -2.43. The highest BCUT2D eigenvalue weighted by Crippen LogP contribution is 2.01. The molecule has 0 heterocycles. The van der Waals surface area contributed by atoms with E-state index in [0.29, 0.717) is 12.2 Å². The molecule has 0 aromatic carbocycles. The van der Waals surface area contributed by atoms with Gasteiger partial charge in [0.05, 0.1) is 6.04 Å². The molecule has 0 rings (SSSR count). The van der Waals surface area contributed by atoms with Crippen molar-refractivity contribution in [2.45, 2.75) is 33.2 Å². The van der Waals surface area contributed by atoms with Gasteiger partial charge in [-0.3, -0.25) is 9.59 Å². The van der Waals surface area contributed by atoms with Crippen molar-refractivity contribution in [2.75, 3.05) is 5.75 Å². The van der Waals surface area contributed by atoms with Gasteiger partial charge >= 0.3 is 0 Å². The van der Waals surface area contributed by atoms with Crippen LogP contribution in [0.15, 0.2) is 0 Å². The quantitative estimate of drug-likeness (QED) is 0.656. The number of amides is 1. The minimum Gasteiger partial charge on any atom is -0.345 e. The highest BCUT2D eigenvalue weighted by atomic mass is 32.1. The van der Waals surface area contributed by atoms with Gasteiger partial charge in [0.25, 0.3) is 0 Å². The molecule has 0 aliphatic carbocycles. The van der Waals surface area contributed by atoms with Crippen molar-refractivity contribution in [1.82, 2.24) is 5.32 Å². The lowest BCUT2D eigenvalue weighted by Gasteiger charge is -2.16. The van der Waals surface area contributed by atoms with E-state index in [0.717, 1.165) is 0 Å². The minimum absolute atomic E-state index is 0.0387. The second-order valence-electron chi connectivity index (χ2n) is 3.21. The molecule has 4 heteroatoms. The Morgan fingerprint density at radius 1 is 1.38 bits per heavy atom. The summed E-state index contributed by atoms with van der Waals surface area (Å²) in [5, 5.41) is 2.63. The summed E-state index contributed by atoms with van der Waals surface area (Å²) in [5.41, 5.74) is 0. The van der Waals surface area contributed by atoms with Crippen LogP contribution in [0, 0.1) is 5.92 Å². The maximum absolute atomic E-state index is 11.5. The Kier molecular flexibility index (Phi) is 5.79. The number of thiol groups is 1. The number of hydrogen-bond donors (Lipinski definition) is 2. The lowest BCUT2D eigenvalue weighted by molar-refractivity contribution is -0.128. The van der Waals surface area contributed by atoms with Crippen molar-refractivity contribution in [3.05, 3.63) is 0 Å². The number of carbonyl (C=O) groups is 2. The highest BCUT2D eigenvalue weighted by Gasteiger charge is 2.20. The summed E-state index contributed by atoms with van der Waals surface area (Å²) in [6, 6.07) is -0.434. The molecule has 76 valence electrons. The van der Waals surface area contributed by atoms with Crippen LogP contribution in [0.2, 0.25) is 0 Å². The predicted octanol–water partition coefficient (Wildman–Crippen LogP) is 1.04. The van der Waals surface area contributed by atoms with Gasteiger partial charge in [-0.1, -0.05) is 20.8 Å². The van der Waals surface area contributed by atoms with Crippen LogP contribution in [-0.4, -0.2) is 23.5 Å². The van der Waals surface area contributed by atoms with Gasteiger partial charge in [-0.25, -0.2) is 0 Å². The van der Waals surface area contributed by atoms with Gasteiger partial charge in [0.1, 0.15) is 0 Å². The second-order valence-corrected chi connectivity index (χ2v) is 3.58. The molecular formula is C9H17NO2S. The van der Waals surface area contributed by atoms with Gasteiger partial charge < -0.3 is 5.32 Å². The van der Waals surface area contributed by atoms with E-state index in [1.807, 2.05) is 13.8 Å². The molecule has 1 unspecified atom stereocenters. The first-order chi connectivity index (χ1) is 6.02. The van der Waals surface area contributed by atoms with E-state index in [1.165, 1.54) is 0 Å². The average Bonchev–Trinajstić information content (AvgIpc) is 2.12. The molecule has 0 bridgehead atoms. The summed E-state index contributed by atoms with van der Waals surface area (Å²) < 4.78 is 0. The van der Waals surface area contributed by atoms with E-state index in [9.17, 15) is 9.59 Å². The van der Waals surface area contributed by atoms with Gasteiger partial charge in [0, 0.05) is 18.1 Å². The number of carbonyl (C=O) groups excluding carboxylic acids is 2. The van der Waals surface area contributed by atoms with E-state index in [4.69, 9.17) is 0 Å². The van der Waals surface area contributed by atoms with E-state index >= 15 is 0 Å². The lowest BCUT2D eigenvalue weighted by atomic mass is 10.0. The highest BCUT2D eigenvalue weighted by molar-refractivity contribution is 7.80. The van der Waals surface area contributed by atoms with E-state index in [-0.39, 0.29) is 17.6 Å². The van der Waals surface area contributed by atoms with Gasteiger partial charge in [0.15, 0.2) is 5.78 Å². The number of Topliss-reactive ketones (excluding diaryl/α,β-unsaturated/α-hetero) is 1. The monoisotopic (exact) mass is 203 g/mol. The molecule has 3 nitrogen and oxygen atoms in total. The molecule has 0 saturated carbocycles. The molecule has 0 aromatic rings. The maximum Gasteiger partial charge on any atom is 0.220 e. The fourth-order valence-electron chi connectivity index (χ4n) is 0.906. The average molecular weight is 203 g/mol.